The van der Waals surface area contributed by atoms with Gasteiger partial charge in [-0.25, -0.2) is 0 Å². The molecule has 0 amide bonds. The predicted octanol–water partition coefficient (Wildman–Crippen LogP) is 0.389. The van der Waals surface area contributed by atoms with Crippen molar-refractivity contribution in [3.05, 3.63) is 34.4 Å². The van der Waals surface area contributed by atoms with Crippen LogP contribution in [0.5, 0.6) is 0 Å². The van der Waals surface area contributed by atoms with Crippen LogP contribution in [0.4, 0.5) is 5.69 Å². The molecule has 0 spiro atoms. The van der Waals surface area contributed by atoms with Crippen molar-refractivity contribution < 1.29 is 4.92 Å². The van der Waals surface area contributed by atoms with Crippen LogP contribution in [0.25, 0.3) is 0 Å². The van der Waals surface area contributed by atoms with Crippen molar-refractivity contribution in [2.45, 2.75) is 0 Å². The molecule has 0 saturated heterocycles. The van der Waals surface area contributed by atoms with Crippen LogP contribution in [0.2, 0.25) is 0 Å². The van der Waals surface area contributed by atoms with Crippen LogP contribution >= 0.6 is 0 Å². The fraction of sp³-hybridized carbons (Fsp3) is 0. The van der Waals surface area contributed by atoms with Crippen molar-refractivity contribution in [3.63, 3.8) is 0 Å². The van der Waals surface area contributed by atoms with Gasteiger partial charge < -0.3 is 0 Å². The zero-order chi connectivity index (χ0) is 7.56. The van der Waals surface area contributed by atoms with Crippen LogP contribution in [0, 0.1) is 10.1 Å². The second-order valence-corrected chi connectivity index (χ2v) is 3.25. The topological polar surface area (TPSA) is 43.1 Å². The summed E-state index contributed by atoms with van der Waals surface area (Å²) in [4.78, 5) is 9.74. The van der Waals surface area contributed by atoms with Crippen LogP contribution in [0.3, 0.4) is 0 Å². The van der Waals surface area contributed by atoms with Crippen LogP contribution in [0.1, 0.15) is 0 Å². The molecule has 0 aliphatic heterocycles. The van der Waals surface area contributed by atoms with Crippen molar-refractivity contribution in [3.8, 4) is 0 Å². The molecule has 0 radical (unpaired) electrons. The average molecular weight is 145 g/mol. The van der Waals surface area contributed by atoms with Gasteiger partial charge >= 0.3 is 75.7 Å². The van der Waals surface area contributed by atoms with Crippen molar-refractivity contribution in [2.75, 3.05) is 0 Å². The number of nitro groups is 1. The molecule has 1 rings (SSSR count). The minimum absolute atomic E-state index is 0.166. The van der Waals surface area contributed by atoms with Crippen molar-refractivity contribution in [1.82, 2.24) is 0 Å². The molecule has 0 N–H and O–H groups in total. The molecule has 1 aromatic carbocycles. The molecule has 0 unspecified atom stereocenters. The molecule has 4 heteroatoms. The molecule has 0 saturated carbocycles. The fourth-order valence-corrected chi connectivity index (χ4v) is 1.000. The normalized spacial score (nSPS) is 9.40. The molecular weight excluding hydrogens is 141 g/mol. The summed E-state index contributed by atoms with van der Waals surface area (Å²) in [6.45, 7) is 0. The van der Waals surface area contributed by atoms with Crippen molar-refractivity contribution in [2.24, 2.45) is 0 Å². The number of hydrogen-bond donors (Lipinski definition) is 0. The molecule has 1 aromatic rings. The Hall–Kier alpha value is -0.380. The molecule has 46 valence electrons. The second kappa shape index (κ2) is 3.14. The Morgan fingerprint density at radius 3 is 2.20 bits per heavy atom. The van der Waals surface area contributed by atoms with E-state index in [1.165, 1.54) is 14.9 Å². The first-order valence-corrected chi connectivity index (χ1v) is 3.91. The van der Waals surface area contributed by atoms with Gasteiger partial charge in [0, 0.05) is 0 Å². The fourth-order valence-electron chi connectivity index (χ4n) is 0.666. The third-order valence-electron chi connectivity index (χ3n) is 1.24. The Morgan fingerprint density at radius 1 is 1.30 bits per heavy atom. The summed E-state index contributed by atoms with van der Waals surface area (Å²) >= 11 is 0.945. The Bertz CT molecular complexity index is 244. The van der Waals surface area contributed by atoms with E-state index in [-0.39, 0.29) is 10.6 Å². The van der Waals surface area contributed by atoms with Gasteiger partial charge in [-0.15, -0.1) is 0 Å². The molecule has 0 aromatic heterocycles. The molecule has 0 bridgehead atoms. The summed E-state index contributed by atoms with van der Waals surface area (Å²) < 4.78 is 1.17. The summed E-state index contributed by atoms with van der Waals surface area (Å²) in [7, 11) is 0. The number of nitrogens with zero attached hydrogens (tertiary/aromatic N) is 1. The van der Waals surface area contributed by atoms with Gasteiger partial charge in [-0.05, 0) is 0 Å². The number of rotatable bonds is 1. The average Bonchev–Trinajstić information content (AvgIpc) is 1.88. The molecule has 3 nitrogen and oxygen atoms in total. The summed E-state index contributed by atoms with van der Waals surface area (Å²) in [5.41, 5.74) is 0.166. The van der Waals surface area contributed by atoms with Gasteiger partial charge in [-0.2, -0.15) is 0 Å². The molecule has 0 heterocycles. The van der Waals surface area contributed by atoms with E-state index >= 15 is 0 Å². The maximum atomic E-state index is 10.1. The minimum atomic E-state index is -0.388. The van der Waals surface area contributed by atoms with Crippen LogP contribution < -0.4 is 2.81 Å². The van der Waals surface area contributed by atoms with Gasteiger partial charge in [0.1, 0.15) is 0 Å². The molecule has 10 heavy (non-hydrogen) atoms. The molecule has 0 atom stereocenters. The Labute approximate surface area is 75.6 Å². The standard InChI is InChI=1S/C6H4NO2.Na/c8-7(9)6-4-2-1-3-5-6;/h2-5H;. The quantitative estimate of drug-likeness (QED) is 0.326. The first-order chi connectivity index (χ1) is 4.70. The van der Waals surface area contributed by atoms with E-state index in [0.717, 1.165) is 27.9 Å². The van der Waals surface area contributed by atoms with E-state index < -0.39 is 0 Å². The van der Waals surface area contributed by atoms with E-state index in [1.807, 2.05) is 0 Å². The van der Waals surface area contributed by atoms with E-state index in [1.54, 1.807) is 12.1 Å². The number of hydrogen-bond acceptors (Lipinski definition) is 2. The van der Waals surface area contributed by atoms with Crippen molar-refractivity contribution in [1.29, 1.82) is 0 Å². The summed E-state index contributed by atoms with van der Waals surface area (Å²) in [6, 6.07) is 6.62. The van der Waals surface area contributed by atoms with E-state index in [2.05, 4.69) is 0 Å². The van der Waals surface area contributed by atoms with Crippen molar-refractivity contribution >= 4 is 36.4 Å². The van der Waals surface area contributed by atoms with Crippen LogP contribution in [-0.4, -0.2) is 32.9 Å². The molecule has 0 fully saturated rings. The first-order valence-electron chi connectivity index (χ1n) is 2.91. The van der Waals surface area contributed by atoms with Gasteiger partial charge in [0.2, 0.25) is 0 Å². The van der Waals surface area contributed by atoms with Gasteiger partial charge in [-0.1, -0.05) is 0 Å². The summed E-state index contributed by atoms with van der Waals surface area (Å²) in [6.07, 6.45) is 0. The summed E-state index contributed by atoms with van der Waals surface area (Å²) in [5, 5.41) is 10.1. The van der Waals surface area contributed by atoms with Gasteiger partial charge in [0.25, 0.3) is 0 Å². The zero-order valence-corrected chi connectivity index (χ0v) is 7.57. The number of benzene rings is 1. The first kappa shape index (κ1) is 7.72. The Kier molecular flexibility index (Phi) is 2.43. The van der Waals surface area contributed by atoms with Gasteiger partial charge in [0.15, 0.2) is 0 Å². The van der Waals surface area contributed by atoms with E-state index in [0.29, 0.717) is 0 Å². The Balaban J connectivity index is 3.00. The van der Waals surface area contributed by atoms with Crippen LogP contribution in [-0.2, 0) is 0 Å². The maximum absolute atomic E-state index is 10.1. The second-order valence-electron chi connectivity index (χ2n) is 2.09. The Morgan fingerprint density at radius 2 is 1.80 bits per heavy atom. The third kappa shape index (κ3) is 1.80. The molecule has 0 aliphatic rings. The molecular formula is C6H4NNaO2. The predicted molar refractivity (Wildman–Crippen MR) is 38.5 cm³/mol. The number of nitro benzene ring substituents is 1. The SMILES string of the molecule is O=[N+]([O-])c1cc[c]([Na])cc1. The third-order valence-corrected chi connectivity index (χ3v) is 1.91. The molecule has 0 aliphatic carbocycles. The zero-order valence-electron chi connectivity index (χ0n) is 5.57. The van der Waals surface area contributed by atoms with Gasteiger partial charge in [-0.3, -0.25) is 0 Å². The summed E-state index contributed by atoms with van der Waals surface area (Å²) in [5.74, 6) is 0. The van der Waals surface area contributed by atoms with Crippen LogP contribution in [0.15, 0.2) is 24.3 Å². The monoisotopic (exact) mass is 145 g/mol. The van der Waals surface area contributed by atoms with E-state index in [4.69, 9.17) is 0 Å². The van der Waals surface area contributed by atoms with Gasteiger partial charge in [0.05, 0.1) is 0 Å². The van der Waals surface area contributed by atoms with E-state index in [9.17, 15) is 10.1 Å². The number of non-ortho nitro benzene ring substituents is 1.